The first-order valence-corrected chi connectivity index (χ1v) is 8.48. The van der Waals surface area contributed by atoms with E-state index < -0.39 is 10.0 Å². The van der Waals surface area contributed by atoms with Crippen LogP contribution in [0.25, 0.3) is 0 Å². The second kappa shape index (κ2) is 5.89. The number of nitrogens with zero attached hydrogens (tertiary/aromatic N) is 1. The molecule has 1 fully saturated rings. The summed E-state index contributed by atoms with van der Waals surface area (Å²) in [5.41, 5.74) is 0.440. The highest BCUT2D eigenvalue weighted by atomic mass is 35.5. The van der Waals surface area contributed by atoms with Crippen LogP contribution in [0.4, 0.5) is 0 Å². The lowest BCUT2D eigenvalue weighted by molar-refractivity contribution is 0.0788. The van der Waals surface area contributed by atoms with Crippen molar-refractivity contribution in [3.8, 4) is 0 Å². The normalized spacial score (nSPS) is 19.4. The number of hydrogen-bond donors (Lipinski definition) is 1. The van der Waals surface area contributed by atoms with Crippen molar-refractivity contribution < 1.29 is 13.2 Å². The SMILES string of the molecule is NS(=O)(=O)C[C@@H]1CCN(C(=O)c2ccc(Cl)c(Cl)c2)C1. The maximum atomic E-state index is 12.3. The largest absolute Gasteiger partial charge is 0.338 e. The fourth-order valence-corrected chi connectivity index (χ4v) is 3.52. The van der Waals surface area contributed by atoms with E-state index in [4.69, 9.17) is 28.3 Å². The molecule has 1 aromatic rings. The monoisotopic (exact) mass is 336 g/mol. The van der Waals surface area contributed by atoms with Gasteiger partial charge in [-0.05, 0) is 30.5 Å². The van der Waals surface area contributed by atoms with Crippen molar-refractivity contribution in [2.75, 3.05) is 18.8 Å². The minimum atomic E-state index is -3.51. The van der Waals surface area contributed by atoms with E-state index in [-0.39, 0.29) is 17.6 Å². The Balaban J connectivity index is 2.06. The summed E-state index contributed by atoms with van der Waals surface area (Å²) >= 11 is 11.7. The Morgan fingerprint density at radius 2 is 2.05 bits per heavy atom. The van der Waals surface area contributed by atoms with Crippen LogP contribution in [0.3, 0.4) is 0 Å². The topological polar surface area (TPSA) is 80.5 Å². The zero-order chi connectivity index (χ0) is 14.9. The number of benzene rings is 1. The second-order valence-corrected chi connectivity index (χ2v) is 7.34. The minimum absolute atomic E-state index is 0.0991. The van der Waals surface area contributed by atoms with Gasteiger partial charge in [-0.25, -0.2) is 13.6 Å². The molecule has 1 atom stereocenters. The maximum absolute atomic E-state index is 12.3. The van der Waals surface area contributed by atoms with Crippen molar-refractivity contribution in [2.45, 2.75) is 6.42 Å². The Morgan fingerprint density at radius 1 is 1.35 bits per heavy atom. The molecule has 2 rings (SSSR count). The summed E-state index contributed by atoms with van der Waals surface area (Å²) in [6.07, 6.45) is 0.628. The molecule has 0 saturated carbocycles. The Labute approximate surface area is 127 Å². The summed E-state index contributed by atoms with van der Waals surface area (Å²) in [7, 11) is -3.51. The van der Waals surface area contributed by atoms with Gasteiger partial charge in [-0.1, -0.05) is 23.2 Å². The van der Waals surface area contributed by atoms with E-state index in [2.05, 4.69) is 0 Å². The van der Waals surface area contributed by atoms with Crippen molar-refractivity contribution in [2.24, 2.45) is 11.1 Å². The van der Waals surface area contributed by atoms with E-state index in [9.17, 15) is 13.2 Å². The molecule has 1 aliphatic heterocycles. The molecule has 1 saturated heterocycles. The summed E-state index contributed by atoms with van der Waals surface area (Å²) < 4.78 is 22.1. The predicted molar refractivity (Wildman–Crippen MR) is 78.4 cm³/mol. The first-order chi connectivity index (χ1) is 9.26. The van der Waals surface area contributed by atoms with Gasteiger partial charge in [0.05, 0.1) is 15.8 Å². The Kier molecular flexibility index (Phi) is 4.59. The lowest BCUT2D eigenvalue weighted by Crippen LogP contribution is -2.30. The van der Waals surface area contributed by atoms with Gasteiger partial charge in [0.15, 0.2) is 0 Å². The van der Waals surface area contributed by atoms with E-state index in [1.54, 1.807) is 17.0 Å². The lowest BCUT2D eigenvalue weighted by atomic mass is 10.1. The fourth-order valence-electron chi connectivity index (χ4n) is 2.29. The standard InChI is InChI=1S/C12H14Cl2N2O3S/c13-10-2-1-9(5-11(10)14)12(17)16-4-3-8(6-16)7-20(15,18)19/h1-2,5,8H,3-4,6-7H2,(H2,15,18,19)/t8-/m1/s1. The molecule has 110 valence electrons. The van der Waals surface area contributed by atoms with Gasteiger partial charge in [-0.2, -0.15) is 0 Å². The van der Waals surface area contributed by atoms with Crippen molar-refractivity contribution in [3.63, 3.8) is 0 Å². The first kappa shape index (κ1) is 15.6. The summed E-state index contributed by atoms with van der Waals surface area (Å²) in [6, 6.07) is 4.68. The minimum Gasteiger partial charge on any atom is -0.338 e. The number of sulfonamides is 1. The number of nitrogens with two attached hydrogens (primary N) is 1. The van der Waals surface area contributed by atoms with Gasteiger partial charge >= 0.3 is 0 Å². The maximum Gasteiger partial charge on any atom is 0.253 e. The Bertz CT molecular complexity index is 634. The molecule has 0 unspecified atom stereocenters. The summed E-state index contributed by atoms with van der Waals surface area (Å²) in [6.45, 7) is 0.898. The molecule has 1 heterocycles. The number of primary sulfonamides is 1. The number of hydrogen-bond acceptors (Lipinski definition) is 3. The third-order valence-corrected chi connectivity index (χ3v) is 4.88. The van der Waals surface area contributed by atoms with E-state index >= 15 is 0 Å². The average Bonchev–Trinajstić information content (AvgIpc) is 2.78. The molecule has 1 aliphatic rings. The van der Waals surface area contributed by atoms with E-state index in [1.165, 1.54) is 6.07 Å². The van der Waals surface area contributed by atoms with Crippen LogP contribution in [0.15, 0.2) is 18.2 Å². The van der Waals surface area contributed by atoms with Crippen LogP contribution in [-0.2, 0) is 10.0 Å². The number of halogens is 2. The van der Waals surface area contributed by atoms with Gasteiger partial charge < -0.3 is 4.90 Å². The molecule has 0 radical (unpaired) electrons. The molecule has 1 aromatic carbocycles. The highest BCUT2D eigenvalue weighted by Crippen LogP contribution is 2.25. The third-order valence-electron chi connectivity index (χ3n) is 3.21. The Hall–Kier alpha value is -0.820. The van der Waals surface area contributed by atoms with Crippen LogP contribution in [-0.4, -0.2) is 38.1 Å². The quantitative estimate of drug-likeness (QED) is 0.912. The van der Waals surface area contributed by atoms with E-state index in [0.29, 0.717) is 35.1 Å². The van der Waals surface area contributed by atoms with Gasteiger partial charge in [0.2, 0.25) is 10.0 Å². The fraction of sp³-hybridized carbons (Fsp3) is 0.417. The number of rotatable bonds is 3. The molecule has 1 amide bonds. The van der Waals surface area contributed by atoms with Gasteiger partial charge in [-0.3, -0.25) is 4.79 Å². The van der Waals surface area contributed by atoms with Gasteiger partial charge in [-0.15, -0.1) is 0 Å². The van der Waals surface area contributed by atoms with Crippen molar-refractivity contribution >= 4 is 39.1 Å². The molecule has 20 heavy (non-hydrogen) atoms. The number of carbonyl (C=O) groups excluding carboxylic acids is 1. The van der Waals surface area contributed by atoms with Gasteiger partial charge in [0, 0.05) is 18.7 Å². The van der Waals surface area contributed by atoms with Crippen LogP contribution < -0.4 is 5.14 Å². The highest BCUT2D eigenvalue weighted by molar-refractivity contribution is 7.89. The predicted octanol–water partition coefficient (Wildman–Crippen LogP) is 1.74. The van der Waals surface area contributed by atoms with E-state index in [0.717, 1.165) is 0 Å². The molecular formula is C12H14Cl2N2O3S. The smallest absolute Gasteiger partial charge is 0.253 e. The zero-order valence-electron chi connectivity index (χ0n) is 10.6. The molecule has 8 heteroatoms. The lowest BCUT2D eigenvalue weighted by Gasteiger charge is -2.16. The van der Waals surface area contributed by atoms with Crippen molar-refractivity contribution in [1.82, 2.24) is 4.90 Å². The van der Waals surface area contributed by atoms with Crippen molar-refractivity contribution in [1.29, 1.82) is 0 Å². The second-order valence-electron chi connectivity index (χ2n) is 4.86. The van der Waals surface area contributed by atoms with Crippen molar-refractivity contribution in [3.05, 3.63) is 33.8 Å². The third kappa shape index (κ3) is 3.85. The number of carbonyl (C=O) groups is 1. The molecular weight excluding hydrogens is 323 g/mol. The molecule has 0 aromatic heterocycles. The first-order valence-electron chi connectivity index (χ1n) is 6.01. The highest BCUT2D eigenvalue weighted by Gasteiger charge is 2.29. The van der Waals surface area contributed by atoms with Crippen LogP contribution in [0.5, 0.6) is 0 Å². The van der Waals surface area contributed by atoms with Crippen LogP contribution in [0.2, 0.25) is 10.0 Å². The van der Waals surface area contributed by atoms with Gasteiger partial charge in [0.1, 0.15) is 0 Å². The molecule has 0 bridgehead atoms. The molecule has 0 aliphatic carbocycles. The molecule has 5 nitrogen and oxygen atoms in total. The zero-order valence-corrected chi connectivity index (χ0v) is 12.9. The number of amides is 1. The van der Waals surface area contributed by atoms with Gasteiger partial charge in [0.25, 0.3) is 5.91 Å². The Morgan fingerprint density at radius 3 is 2.65 bits per heavy atom. The summed E-state index contributed by atoms with van der Waals surface area (Å²) in [4.78, 5) is 13.9. The van der Waals surface area contributed by atoms with Crippen LogP contribution in [0, 0.1) is 5.92 Å². The summed E-state index contributed by atoms with van der Waals surface area (Å²) in [5.74, 6) is -0.393. The average molecular weight is 337 g/mol. The summed E-state index contributed by atoms with van der Waals surface area (Å²) in [5, 5.41) is 5.72. The van der Waals surface area contributed by atoms with Crippen LogP contribution >= 0.6 is 23.2 Å². The molecule has 2 N–H and O–H groups in total. The van der Waals surface area contributed by atoms with Crippen LogP contribution in [0.1, 0.15) is 16.8 Å². The number of likely N-dealkylation sites (tertiary alicyclic amines) is 1. The molecule has 0 spiro atoms. The van der Waals surface area contributed by atoms with E-state index in [1.807, 2.05) is 0 Å².